The van der Waals surface area contributed by atoms with Crippen molar-refractivity contribution < 1.29 is 14.1 Å². The molecule has 0 unspecified atom stereocenters. The minimum absolute atomic E-state index is 0.0730. The summed E-state index contributed by atoms with van der Waals surface area (Å²) in [5.74, 6) is 1.83. The number of amides is 1. The minimum atomic E-state index is -0.0730. The quantitative estimate of drug-likeness (QED) is 0.628. The molecule has 4 rings (SSSR count). The number of nitrogens with one attached hydrogen (secondary N) is 1. The Morgan fingerprint density at radius 3 is 2.68 bits per heavy atom. The summed E-state index contributed by atoms with van der Waals surface area (Å²) in [6.07, 6.45) is 4.02. The van der Waals surface area contributed by atoms with Crippen molar-refractivity contribution in [3.8, 4) is 17.0 Å². The van der Waals surface area contributed by atoms with E-state index in [1.54, 1.807) is 13.2 Å². The second-order valence-corrected chi connectivity index (χ2v) is 7.53. The van der Waals surface area contributed by atoms with E-state index >= 15 is 0 Å². The van der Waals surface area contributed by atoms with Crippen LogP contribution >= 0.6 is 23.2 Å². The van der Waals surface area contributed by atoms with Crippen molar-refractivity contribution in [3.63, 3.8) is 0 Å². The van der Waals surface area contributed by atoms with Crippen LogP contribution in [0.3, 0.4) is 0 Å². The van der Waals surface area contributed by atoms with Crippen LogP contribution in [0.15, 0.2) is 48.7 Å². The van der Waals surface area contributed by atoms with Gasteiger partial charge in [0.15, 0.2) is 12.2 Å². The molecule has 28 heavy (non-hydrogen) atoms. The Kier molecular flexibility index (Phi) is 5.29. The van der Waals surface area contributed by atoms with E-state index in [9.17, 15) is 4.79 Å². The highest BCUT2D eigenvalue weighted by Crippen LogP contribution is 2.30. The molecule has 0 atom stereocenters. The van der Waals surface area contributed by atoms with Crippen LogP contribution in [0.2, 0.25) is 10.0 Å². The van der Waals surface area contributed by atoms with Crippen molar-refractivity contribution >= 4 is 34.8 Å². The summed E-state index contributed by atoms with van der Waals surface area (Å²) in [5, 5.41) is 3.99. The molecule has 0 aliphatic carbocycles. The summed E-state index contributed by atoms with van der Waals surface area (Å²) in [5.41, 5.74) is 2.78. The van der Waals surface area contributed by atoms with Gasteiger partial charge in [0.05, 0.1) is 30.1 Å². The van der Waals surface area contributed by atoms with E-state index in [0.717, 1.165) is 47.9 Å². The Morgan fingerprint density at radius 1 is 1.18 bits per heavy atom. The summed E-state index contributed by atoms with van der Waals surface area (Å²) >= 11 is 12.2. The van der Waals surface area contributed by atoms with E-state index in [1.165, 1.54) is 0 Å². The van der Waals surface area contributed by atoms with Gasteiger partial charge in [-0.15, -0.1) is 0 Å². The fraction of sp³-hybridized carbons (Fsp3) is 0.238. The van der Waals surface area contributed by atoms with Gasteiger partial charge in [-0.25, -0.2) is 9.13 Å². The first-order valence-corrected chi connectivity index (χ1v) is 9.82. The number of carbonyl (C=O) groups is 1. The molecule has 2 heterocycles. The third-order valence-corrected chi connectivity index (χ3v) is 5.64. The zero-order valence-electron chi connectivity index (χ0n) is 15.4. The number of anilines is 1. The standard InChI is InChI=1S/C21H19Cl2N3O2/c1-28-16-7-5-15(6-8-16)24-20(27)13-25-12-19(26-10-2-3-21(25)26)14-4-9-17(22)18(23)11-14/h4-9,11-12H,2-3,10,13H2,1H3/p+1. The monoisotopic (exact) mass is 416 g/mol. The molecule has 2 aromatic carbocycles. The maximum absolute atomic E-state index is 12.6. The third kappa shape index (κ3) is 3.73. The number of hydrogen-bond donors (Lipinski definition) is 1. The fourth-order valence-electron chi connectivity index (χ4n) is 3.56. The lowest BCUT2D eigenvalue weighted by molar-refractivity contribution is -0.690. The van der Waals surface area contributed by atoms with Crippen LogP contribution in [0.1, 0.15) is 12.2 Å². The highest BCUT2D eigenvalue weighted by atomic mass is 35.5. The first-order valence-electron chi connectivity index (χ1n) is 9.06. The van der Waals surface area contributed by atoms with Gasteiger partial charge >= 0.3 is 0 Å². The van der Waals surface area contributed by atoms with E-state index in [2.05, 4.69) is 9.88 Å². The number of hydrogen-bond acceptors (Lipinski definition) is 2. The molecule has 0 radical (unpaired) electrons. The number of fused-ring (bicyclic) bond motifs is 1. The van der Waals surface area contributed by atoms with Gasteiger partial charge < -0.3 is 10.1 Å². The zero-order valence-corrected chi connectivity index (χ0v) is 16.9. The normalized spacial score (nSPS) is 12.7. The molecule has 1 aliphatic rings. The lowest BCUT2D eigenvalue weighted by Gasteiger charge is -2.05. The van der Waals surface area contributed by atoms with Crippen molar-refractivity contribution in [1.29, 1.82) is 0 Å². The maximum atomic E-state index is 12.6. The van der Waals surface area contributed by atoms with Gasteiger partial charge in [0, 0.05) is 11.3 Å². The highest BCUT2D eigenvalue weighted by Gasteiger charge is 2.29. The van der Waals surface area contributed by atoms with Crippen LogP contribution in [0.5, 0.6) is 5.75 Å². The summed E-state index contributed by atoms with van der Waals surface area (Å²) in [6, 6.07) is 12.9. The smallest absolute Gasteiger partial charge is 0.266 e. The van der Waals surface area contributed by atoms with E-state index in [1.807, 2.05) is 47.2 Å². The molecule has 0 saturated heterocycles. The second-order valence-electron chi connectivity index (χ2n) is 6.72. The van der Waals surface area contributed by atoms with Crippen LogP contribution in [0.25, 0.3) is 11.3 Å². The molecule has 3 aromatic rings. The van der Waals surface area contributed by atoms with Crippen molar-refractivity contribution in [3.05, 3.63) is 64.5 Å². The predicted octanol–water partition coefficient (Wildman–Crippen LogP) is 4.34. The van der Waals surface area contributed by atoms with Gasteiger partial charge in [-0.1, -0.05) is 23.2 Å². The molecule has 0 bridgehead atoms. The van der Waals surface area contributed by atoms with Crippen molar-refractivity contribution in [1.82, 2.24) is 4.57 Å². The molecular weight excluding hydrogens is 397 g/mol. The first kappa shape index (κ1) is 18.8. The van der Waals surface area contributed by atoms with Gasteiger partial charge in [-0.05, 0) is 48.9 Å². The number of halogens is 2. The number of aromatic nitrogens is 2. The molecule has 1 aliphatic heterocycles. The number of imidazole rings is 1. The van der Waals surface area contributed by atoms with E-state index in [-0.39, 0.29) is 12.5 Å². The SMILES string of the molecule is COc1ccc(NC(=O)C[n+]2cc(-c3ccc(Cl)c(Cl)c3)n3c2CCC3)cc1. The average Bonchev–Trinajstić information content (AvgIpc) is 3.29. The fourth-order valence-corrected chi connectivity index (χ4v) is 3.86. The highest BCUT2D eigenvalue weighted by molar-refractivity contribution is 6.42. The predicted molar refractivity (Wildman–Crippen MR) is 110 cm³/mol. The largest absolute Gasteiger partial charge is 0.497 e. The van der Waals surface area contributed by atoms with E-state index in [0.29, 0.717) is 10.0 Å². The number of benzene rings is 2. The first-order chi connectivity index (χ1) is 13.5. The van der Waals surface area contributed by atoms with E-state index < -0.39 is 0 Å². The summed E-state index contributed by atoms with van der Waals surface area (Å²) in [4.78, 5) is 12.6. The minimum Gasteiger partial charge on any atom is -0.497 e. The molecule has 144 valence electrons. The van der Waals surface area contributed by atoms with Gasteiger partial charge in [0.25, 0.3) is 11.7 Å². The Hall–Kier alpha value is -2.50. The third-order valence-electron chi connectivity index (χ3n) is 4.90. The van der Waals surface area contributed by atoms with Crippen LogP contribution in [0.4, 0.5) is 5.69 Å². The topological polar surface area (TPSA) is 47.1 Å². The van der Waals surface area contributed by atoms with Crippen LogP contribution in [-0.2, 0) is 24.3 Å². The van der Waals surface area contributed by atoms with Crippen LogP contribution in [0, 0.1) is 0 Å². The summed E-state index contributed by atoms with van der Waals surface area (Å²) in [6.45, 7) is 1.18. The second kappa shape index (κ2) is 7.86. The van der Waals surface area contributed by atoms with Gasteiger partial charge in [0.2, 0.25) is 0 Å². The molecule has 0 spiro atoms. The number of methoxy groups -OCH3 is 1. The van der Waals surface area contributed by atoms with Crippen molar-refractivity contribution in [2.45, 2.75) is 25.9 Å². The maximum Gasteiger partial charge on any atom is 0.266 e. The molecule has 1 amide bonds. The lowest BCUT2D eigenvalue weighted by atomic mass is 10.1. The molecule has 0 fully saturated rings. The zero-order chi connectivity index (χ0) is 19.7. The van der Waals surface area contributed by atoms with Gasteiger partial charge in [-0.2, -0.15) is 0 Å². The number of ether oxygens (including phenoxy) is 1. The van der Waals surface area contributed by atoms with Gasteiger partial charge in [0.1, 0.15) is 11.9 Å². The Morgan fingerprint density at radius 2 is 1.96 bits per heavy atom. The molecule has 1 N–H and O–H groups in total. The molecule has 7 heteroatoms. The average molecular weight is 417 g/mol. The molecule has 5 nitrogen and oxygen atoms in total. The lowest BCUT2D eigenvalue weighted by Crippen LogP contribution is -2.42. The number of nitrogens with zero attached hydrogens (tertiary/aromatic N) is 2. The van der Waals surface area contributed by atoms with E-state index in [4.69, 9.17) is 27.9 Å². The Labute approximate surface area is 173 Å². The number of carbonyl (C=O) groups excluding carboxylic acids is 1. The molecule has 0 saturated carbocycles. The Balaban J connectivity index is 1.56. The summed E-state index contributed by atoms with van der Waals surface area (Å²) < 4.78 is 9.41. The Bertz CT molecular complexity index is 1030. The summed E-state index contributed by atoms with van der Waals surface area (Å²) in [7, 11) is 1.61. The van der Waals surface area contributed by atoms with Crippen molar-refractivity contribution in [2.75, 3.05) is 12.4 Å². The van der Waals surface area contributed by atoms with Crippen LogP contribution < -0.4 is 14.6 Å². The van der Waals surface area contributed by atoms with Crippen molar-refractivity contribution in [2.24, 2.45) is 0 Å². The molecule has 1 aromatic heterocycles. The van der Waals surface area contributed by atoms with Gasteiger partial charge in [-0.3, -0.25) is 4.79 Å². The number of rotatable bonds is 5. The van der Waals surface area contributed by atoms with Crippen LogP contribution in [-0.4, -0.2) is 17.6 Å². The molecular formula is C21H20Cl2N3O2+.